The molecule has 7 heteroatoms. The van der Waals surface area contributed by atoms with Gasteiger partial charge in [0.25, 0.3) is 0 Å². The average Bonchev–Trinajstić information content (AvgIpc) is 2.75. The van der Waals surface area contributed by atoms with Gasteiger partial charge in [-0.1, -0.05) is 60.7 Å². The molecule has 0 spiro atoms. The second-order valence-corrected chi connectivity index (χ2v) is 8.33. The smallest absolute Gasteiger partial charge is 0.408 e. The summed E-state index contributed by atoms with van der Waals surface area (Å²) in [5.41, 5.74) is 1.08. The van der Waals surface area contributed by atoms with Crippen molar-refractivity contribution >= 4 is 18.0 Å². The van der Waals surface area contributed by atoms with Crippen molar-refractivity contribution in [2.75, 3.05) is 0 Å². The molecule has 0 saturated heterocycles. The van der Waals surface area contributed by atoms with Gasteiger partial charge in [0.1, 0.15) is 24.9 Å². The molecular weight excluding hydrogens is 410 g/mol. The summed E-state index contributed by atoms with van der Waals surface area (Å²) >= 11 is 0. The lowest BCUT2D eigenvalue weighted by atomic mass is 10.1. The number of esters is 2. The number of hydrogen-bond donors (Lipinski definition) is 1. The Morgan fingerprint density at radius 1 is 0.844 bits per heavy atom. The van der Waals surface area contributed by atoms with Gasteiger partial charge in [0.2, 0.25) is 0 Å². The van der Waals surface area contributed by atoms with Crippen LogP contribution in [0.4, 0.5) is 4.79 Å². The predicted molar refractivity (Wildman–Crippen MR) is 119 cm³/mol. The Morgan fingerprint density at radius 2 is 1.38 bits per heavy atom. The number of carbonyl (C=O) groups excluding carboxylic acids is 3. The largest absolute Gasteiger partial charge is 0.460 e. The summed E-state index contributed by atoms with van der Waals surface area (Å²) in [6, 6.07) is 17.5. The SMILES string of the molecule is CC(C)(C)OC(=O)CCC[C@H](NC(=O)OCc1ccccc1)C(=O)OCc1ccccc1. The zero-order valence-electron chi connectivity index (χ0n) is 18.8. The first-order valence-electron chi connectivity index (χ1n) is 10.6. The molecular formula is C25H31NO6. The molecule has 1 atom stereocenters. The molecule has 0 aliphatic carbocycles. The summed E-state index contributed by atoms with van der Waals surface area (Å²) in [4.78, 5) is 36.8. The molecule has 172 valence electrons. The highest BCUT2D eigenvalue weighted by atomic mass is 16.6. The quantitative estimate of drug-likeness (QED) is 0.430. The minimum absolute atomic E-state index is 0.0797. The molecule has 2 aromatic carbocycles. The lowest BCUT2D eigenvalue weighted by molar-refractivity contribution is -0.155. The van der Waals surface area contributed by atoms with Crippen LogP contribution in [0.25, 0.3) is 0 Å². The number of nitrogens with one attached hydrogen (secondary N) is 1. The Bertz CT molecular complexity index is 861. The van der Waals surface area contributed by atoms with Gasteiger partial charge in [-0.15, -0.1) is 0 Å². The lowest BCUT2D eigenvalue weighted by Crippen LogP contribution is -2.42. The molecule has 0 aliphatic rings. The van der Waals surface area contributed by atoms with Crippen LogP contribution in [-0.4, -0.2) is 29.7 Å². The standard InChI is InChI=1S/C25H31NO6/c1-25(2,3)32-22(27)16-10-15-21(23(28)30-17-19-11-6-4-7-12-19)26-24(29)31-18-20-13-8-5-9-14-20/h4-9,11-14,21H,10,15-18H2,1-3H3,(H,26,29)/t21-/m0/s1. The highest BCUT2D eigenvalue weighted by Crippen LogP contribution is 2.12. The van der Waals surface area contributed by atoms with Crippen molar-refractivity contribution in [1.29, 1.82) is 0 Å². The van der Waals surface area contributed by atoms with Crippen LogP contribution in [0.5, 0.6) is 0 Å². The number of ether oxygens (including phenoxy) is 3. The first-order chi connectivity index (χ1) is 15.2. The minimum atomic E-state index is -0.940. The van der Waals surface area contributed by atoms with E-state index >= 15 is 0 Å². The van der Waals surface area contributed by atoms with Crippen molar-refractivity contribution < 1.29 is 28.6 Å². The van der Waals surface area contributed by atoms with Crippen molar-refractivity contribution in [1.82, 2.24) is 5.32 Å². The highest BCUT2D eigenvalue weighted by molar-refractivity contribution is 5.81. The second kappa shape index (κ2) is 12.5. The van der Waals surface area contributed by atoms with E-state index < -0.39 is 23.7 Å². The van der Waals surface area contributed by atoms with E-state index in [0.717, 1.165) is 11.1 Å². The summed E-state index contributed by atoms with van der Waals surface area (Å²) in [5.74, 6) is -0.949. The summed E-state index contributed by atoms with van der Waals surface area (Å²) in [7, 11) is 0. The first kappa shape index (κ1) is 24.9. The molecule has 32 heavy (non-hydrogen) atoms. The summed E-state index contributed by atoms with van der Waals surface area (Å²) in [6.07, 6.45) is -0.0416. The molecule has 0 saturated carbocycles. The molecule has 1 amide bonds. The zero-order chi connectivity index (χ0) is 23.4. The van der Waals surface area contributed by atoms with Crippen molar-refractivity contribution in [3.63, 3.8) is 0 Å². The third kappa shape index (κ3) is 10.1. The normalized spacial score (nSPS) is 11.8. The maximum absolute atomic E-state index is 12.6. The van der Waals surface area contributed by atoms with Crippen LogP contribution in [0.3, 0.4) is 0 Å². The van der Waals surface area contributed by atoms with Gasteiger partial charge >= 0.3 is 18.0 Å². The van der Waals surface area contributed by atoms with E-state index in [0.29, 0.717) is 6.42 Å². The zero-order valence-corrected chi connectivity index (χ0v) is 18.8. The van der Waals surface area contributed by atoms with Crippen molar-refractivity contribution in [2.24, 2.45) is 0 Å². The molecule has 0 radical (unpaired) electrons. The van der Waals surface area contributed by atoms with Gasteiger partial charge < -0.3 is 19.5 Å². The number of amides is 1. The number of alkyl carbamates (subject to hydrolysis) is 1. The van der Waals surface area contributed by atoms with Gasteiger partial charge in [-0.05, 0) is 44.7 Å². The van der Waals surface area contributed by atoms with Crippen LogP contribution >= 0.6 is 0 Å². The molecule has 0 bridgehead atoms. The average molecular weight is 442 g/mol. The highest BCUT2D eigenvalue weighted by Gasteiger charge is 2.24. The molecule has 0 heterocycles. The van der Waals surface area contributed by atoms with Crippen molar-refractivity contribution in [3.8, 4) is 0 Å². The number of rotatable bonds is 10. The fourth-order valence-corrected chi connectivity index (χ4v) is 2.83. The number of carbonyl (C=O) groups is 3. The van der Waals surface area contributed by atoms with E-state index in [1.54, 1.807) is 20.8 Å². The molecule has 0 unspecified atom stereocenters. The van der Waals surface area contributed by atoms with E-state index in [1.165, 1.54) is 0 Å². The maximum Gasteiger partial charge on any atom is 0.408 e. The summed E-state index contributed by atoms with van der Waals surface area (Å²) in [5, 5.41) is 2.56. The third-order valence-corrected chi connectivity index (χ3v) is 4.31. The van der Waals surface area contributed by atoms with Crippen LogP contribution in [0, 0.1) is 0 Å². The Morgan fingerprint density at radius 3 is 1.91 bits per heavy atom. The monoisotopic (exact) mass is 441 g/mol. The molecule has 0 aliphatic heterocycles. The van der Waals surface area contributed by atoms with Crippen LogP contribution in [-0.2, 0) is 37.0 Å². The summed E-state index contributed by atoms with van der Waals surface area (Å²) in [6.45, 7) is 5.54. The summed E-state index contributed by atoms with van der Waals surface area (Å²) < 4.78 is 15.9. The Kier molecular flexibility index (Phi) is 9.73. The van der Waals surface area contributed by atoms with Gasteiger partial charge in [-0.2, -0.15) is 0 Å². The minimum Gasteiger partial charge on any atom is -0.460 e. The molecule has 2 rings (SSSR count). The van der Waals surface area contributed by atoms with Gasteiger partial charge in [-0.25, -0.2) is 9.59 Å². The lowest BCUT2D eigenvalue weighted by Gasteiger charge is -2.20. The van der Waals surface area contributed by atoms with E-state index in [-0.39, 0.29) is 32.0 Å². The van der Waals surface area contributed by atoms with E-state index in [2.05, 4.69) is 5.32 Å². The fourth-order valence-electron chi connectivity index (χ4n) is 2.83. The van der Waals surface area contributed by atoms with Gasteiger partial charge in [-0.3, -0.25) is 4.79 Å². The van der Waals surface area contributed by atoms with Crippen molar-refractivity contribution in [2.45, 2.75) is 64.9 Å². The first-order valence-corrected chi connectivity index (χ1v) is 10.6. The van der Waals surface area contributed by atoms with Gasteiger partial charge in [0.15, 0.2) is 0 Å². The third-order valence-electron chi connectivity index (χ3n) is 4.31. The number of hydrogen-bond acceptors (Lipinski definition) is 6. The van der Waals surface area contributed by atoms with E-state index in [9.17, 15) is 14.4 Å². The van der Waals surface area contributed by atoms with Crippen LogP contribution in [0.15, 0.2) is 60.7 Å². The second-order valence-electron chi connectivity index (χ2n) is 8.33. The van der Waals surface area contributed by atoms with E-state index in [1.807, 2.05) is 60.7 Å². The van der Waals surface area contributed by atoms with E-state index in [4.69, 9.17) is 14.2 Å². The molecule has 0 fully saturated rings. The topological polar surface area (TPSA) is 90.9 Å². The predicted octanol–water partition coefficient (Wildman–Crippen LogP) is 4.54. The Labute approximate surface area is 189 Å². The molecule has 1 N–H and O–H groups in total. The fraction of sp³-hybridized carbons (Fsp3) is 0.400. The number of benzene rings is 2. The Balaban J connectivity index is 1.90. The maximum atomic E-state index is 12.6. The van der Waals surface area contributed by atoms with Crippen LogP contribution < -0.4 is 5.32 Å². The van der Waals surface area contributed by atoms with Crippen LogP contribution in [0.2, 0.25) is 0 Å². The molecule has 2 aromatic rings. The van der Waals surface area contributed by atoms with Gasteiger partial charge in [0, 0.05) is 6.42 Å². The van der Waals surface area contributed by atoms with Crippen molar-refractivity contribution in [3.05, 3.63) is 71.8 Å². The van der Waals surface area contributed by atoms with Crippen LogP contribution in [0.1, 0.15) is 51.2 Å². The molecule has 7 nitrogen and oxygen atoms in total. The Hall–Kier alpha value is -3.35. The molecule has 0 aromatic heterocycles. The van der Waals surface area contributed by atoms with Gasteiger partial charge in [0.05, 0.1) is 0 Å².